The minimum atomic E-state index is -1.07. The molecule has 0 aliphatic heterocycles. The summed E-state index contributed by atoms with van der Waals surface area (Å²) >= 11 is 0. The van der Waals surface area contributed by atoms with Crippen molar-refractivity contribution in [3.05, 3.63) is 83.4 Å². The molecular formula is C31H35N3O4. The van der Waals surface area contributed by atoms with E-state index in [1.807, 2.05) is 44.2 Å². The number of hydrogen-bond donors (Lipinski definition) is 2. The molecule has 2 N–H and O–H groups in total. The van der Waals surface area contributed by atoms with Crippen LogP contribution in [0.2, 0.25) is 0 Å². The van der Waals surface area contributed by atoms with Gasteiger partial charge in [-0.2, -0.15) is 0 Å². The van der Waals surface area contributed by atoms with E-state index >= 15 is 0 Å². The van der Waals surface area contributed by atoms with Crippen LogP contribution < -0.4 is 20.3 Å². The van der Waals surface area contributed by atoms with E-state index < -0.39 is 5.54 Å². The normalized spacial score (nSPS) is 14.3. The molecule has 7 nitrogen and oxygen atoms in total. The van der Waals surface area contributed by atoms with Gasteiger partial charge < -0.3 is 15.4 Å². The topological polar surface area (TPSA) is 87.7 Å². The lowest BCUT2D eigenvalue weighted by atomic mass is 9.78. The molecule has 0 radical (unpaired) electrons. The number of carbonyl (C=O) groups is 3. The summed E-state index contributed by atoms with van der Waals surface area (Å²) in [7, 11) is 1.59. The van der Waals surface area contributed by atoms with Gasteiger partial charge in [0, 0.05) is 29.5 Å². The Labute approximate surface area is 224 Å². The summed E-state index contributed by atoms with van der Waals surface area (Å²) in [6.45, 7) is 5.38. The number of amides is 3. The zero-order chi connectivity index (χ0) is 27.3. The standard InChI is InChI=1S/C31H35N3O4/c1-21-9-8-10-22(2)28(21)33-30(37)31(19-6-5-7-20-31)34(26-15-17-27(38-4)18-16-26)29(36)24-11-13-25(14-12-24)32-23(3)35/h8-18H,5-7,19-20H2,1-4H3,(H,32,35)(H,33,37). The molecular weight excluding hydrogens is 478 g/mol. The van der Waals surface area contributed by atoms with Crippen molar-refractivity contribution in [1.29, 1.82) is 0 Å². The van der Waals surface area contributed by atoms with Gasteiger partial charge in [-0.15, -0.1) is 0 Å². The smallest absolute Gasteiger partial charge is 0.259 e. The SMILES string of the molecule is COc1ccc(N(C(=O)c2ccc(NC(C)=O)cc2)C2(C(=O)Nc3c(C)cccc3C)CCCCC2)cc1. The summed E-state index contributed by atoms with van der Waals surface area (Å²) in [5, 5.41) is 5.92. The Morgan fingerprint density at radius 3 is 1.97 bits per heavy atom. The fourth-order valence-electron chi connectivity index (χ4n) is 5.25. The molecule has 0 bridgehead atoms. The van der Waals surface area contributed by atoms with Crippen LogP contribution in [0.4, 0.5) is 17.1 Å². The average Bonchev–Trinajstić information content (AvgIpc) is 2.92. The van der Waals surface area contributed by atoms with Crippen molar-refractivity contribution in [2.24, 2.45) is 0 Å². The predicted octanol–water partition coefficient (Wildman–Crippen LogP) is 6.26. The number of benzene rings is 3. The highest BCUT2D eigenvalue weighted by Gasteiger charge is 2.48. The Hall–Kier alpha value is -4.13. The third-order valence-electron chi connectivity index (χ3n) is 7.24. The number of anilines is 3. The average molecular weight is 514 g/mol. The first kappa shape index (κ1) is 26.9. The van der Waals surface area contributed by atoms with Gasteiger partial charge in [0.1, 0.15) is 11.3 Å². The van der Waals surface area contributed by atoms with Crippen molar-refractivity contribution >= 4 is 34.8 Å². The molecule has 38 heavy (non-hydrogen) atoms. The molecule has 0 unspecified atom stereocenters. The predicted molar refractivity (Wildman–Crippen MR) is 151 cm³/mol. The van der Waals surface area contributed by atoms with Crippen molar-refractivity contribution < 1.29 is 19.1 Å². The van der Waals surface area contributed by atoms with E-state index in [-0.39, 0.29) is 17.7 Å². The fourth-order valence-corrected chi connectivity index (χ4v) is 5.25. The first-order valence-electron chi connectivity index (χ1n) is 13.0. The molecule has 3 amide bonds. The summed E-state index contributed by atoms with van der Waals surface area (Å²) in [5.74, 6) is 0.0171. The highest BCUT2D eigenvalue weighted by atomic mass is 16.5. The zero-order valence-corrected chi connectivity index (χ0v) is 22.5. The van der Waals surface area contributed by atoms with Crippen LogP contribution in [0.1, 0.15) is 60.5 Å². The molecule has 1 saturated carbocycles. The molecule has 3 aromatic rings. The Bertz CT molecular complexity index is 1290. The van der Waals surface area contributed by atoms with Crippen LogP contribution in [0, 0.1) is 13.8 Å². The van der Waals surface area contributed by atoms with Crippen LogP contribution in [0.3, 0.4) is 0 Å². The Kier molecular flexibility index (Phi) is 8.15. The molecule has 0 heterocycles. The van der Waals surface area contributed by atoms with E-state index in [1.165, 1.54) is 6.92 Å². The molecule has 7 heteroatoms. The van der Waals surface area contributed by atoms with Gasteiger partial charge in [0.2, 0.25) is 5.91 Å². The molecule has 0 aromatic heterocycles. The van der Waals surface area contributed by atoms with E-state index in [0.717, 1.165) is 36.1 Å². The molecule has 4 rings (SSSR count). The van der Waals surface area contributed by atoms with Gasteiger partial charge in [0.15, 0.2) is 0 Å². The molecule has 0 spiro atoms. The summed E-state index contributed by atoms with van der Waals surface area (Å²) < 4.78 is 5.35. The van der Waals surface area contributed by atoms with Gasteiger partial charge in [-0.25, -0.2) is 0 Å². The van der Waals surface area contributed by atoms with E-state index in [4.69, 9.17) is 4.74 Å². The second kappa shape index (κ2) is 11.5. The minimum absolute atomic E-state index is 0.186. The number of ether oxygens (including phenoxy) is 1. The van der Waals surface area contributed by atoms with Gasteiger partial charge in [-0.3, -0.25) is 19.3 Å². The van der Waals surface area contributed by atoms with Gasteiger partial charge in [0.05, 0.1) is 7.11 Å². The number of nitrogens with zero attached hydrogens (tertiary/aromatic N) is 1. The first-order chi connectivity index (χ1) is 18.2. The third-order valence-corrected chi connectivity index (χ3v) is 7.24. The maximum absolute atomic E-state index is 14.3. The monoisotopic (exact) mass is 513 g/mol. The lowest BCUT2D eigenvalue weighted by Gasteiger charge is -2.45. The zero-order valence-electron chi connectivity index (χ0n) is 22.5. The molecule has 198 valence electrons. The molecule has 0 saturated heterocycles. The van der Waals surface area contributed by atoms with Crippen LogP contribution in [0.15, 0.2) is 66.7 Å². The van der Waals surface area contributed by atoms with Crippen molar-refractivity contribution in [1.82, 2.24) is 0 Å². The molecule has 0 atom stereocenters. The molecule has 1 aliphatic rings. The van der Waals surface area contributed by atoms with Crippen molar-refractivity contribution in [2.45, 2.75) is 58.4 Å². The van der Waals surface area contributed by atoms with Crippen LogP contribution in [0.5, 0.6) is 5.75 Å². The second-order valence-electron chi connectivity index (χ2n) is 9.91. The number of rotatable bonds is 7. The largest absolute Gasteiger partial charge is 0.497 e. The molecule has 1 fully saturated rings. The first-order valence-corrected chi connectivity index (χ1v) is 13.0. The maximum Gasteiger partial charge on any atom is 0.259 e. The van der Waals surface area contributed by atoms with E-state index in [1.54, 1.807) is 48.4 Å². The number of nitrogens with one attached hydrogen (secondary N) is 2. The van der Waals surface area contributed by atoms with Crippen molar-refractivity contribution in [3.63, 3.8) is 0 Å². The minimum Gasteiger partial charge on any atom is -0.497 e. The van der Waals surface area contributed by atoms with Crippen LogP contribution in [0.25, 0.3) is 0 Å². The summed E-state index contributed by atoms with van der Waals surface area (Å²) in [6, 6.07) is 19.9. The highest BCUT2D eigenvalue weighted by molar-refractivity contribution is 6.14. The van der Waals surface area contributed by atoms with Crippen LogP contribution >= 0.6 is 0 Å². The summed E-state index contributed by atoms with van der Waals surface area (Å²) in [6.07, 6.45) is 3.77. The van der Waals surface area contributed by atoms with Gasteiger partial charge in [-0.1, -0.05) is 37.5 Å². The number of para-hydroxylation sites is 1. The molecule has 3 aromatic carbocycles. The quantitative estimate of drug-likeness (QED) is 0.390. The number of aryl methyl sites for hydroxylation is 2. The Morgan fingerprint density at radius 1 is 0.816 bits per heavy atom. The van der Waals surface area contributed by atoms with E-state index in [2.05, 4.69) is 10.6 Å². The summed E-state index contributed by atoms with van der Waals surface area (Å²) in [5.41, 5.74) is 3.31. The summed E-state index contributed by atoms with van der Waals surface area (Å²) in [4.78, 5) is 41.6. The van der Waals surface area contributed by atoms with Crippen LogP contribution in [-0.2, 0) is 9.59 Å². The number of hydrogen-bond acceptors (Lipinski definition) is 4. The Morgan fingerprint density at radius 2 is 1.42 bits per heavy atom. The van der Waals surface area contributed by atoms with Gasteiger partial charge in [-0.05, 0) is 86.3 Å². The van der Waals surface area contributed by atoms with E-state index in [9.17, 15) is 14.4 Å². The fraction of sp³-hybridized carbons (Fsp3) is 0.323. The van der Waals surface area contributed by atoms with Crippen molar-refractivity contribution in [3.8, 4) is 5.75 Å². The molecule has 1 aliphatic carbocycles. The third kappa shape index (κ3) is 5.57. The van der Waals surface area contributed by atoms with E-state index in [0.29, 0.717) is 35.5 Å². The Balaban J connectivity index is 1.80. The number of carbonyl (C=O) groups excluding carboxylic acids is 3. The van der Waals surface area contributed by atoms with Crippen LogP contribution in [-0.4, -0.2) is 30.4 Å². The van der Waals surface area contributed by atoms with Gasteiger partial charge >= 0.3 is 0 Å². The lowest BCUT2D eigenvalue weighted by Crippen LogP contribution is -2.60. The second-order valence-corrected chi connectivity index (χ2v) is 9.91. The number of methoxy groups -OCH3 is 1. The maximum atomic E-state index is 14.3. The van der Waals surface area contributed by atoms with Gasteiger partial charge in [0.25, 0.3) is 11.8 Å². The highest BCUT2D eigenvalue weighted by Crippen LogP contribution is 2.40. The lowest BCUT2D eigenvalue weighted by molar-refractivity contribution is -0.122. The van der Waals surface area contributed by atoms with Crippen molar-refractivity contribution in [2.75, 3.05) is 22.6 Å².